The summed E-state index contributed by atoms with van der Waals surface area (Å²) in [7, 11) is 0. The van der Waals surface area contributed by atoms with Crippen molar-refractivity contribution >= 4 is 34.6 Å². The molecule has 1 fully saturated rings. The van der Waals surface area contributed by atoms with Gasteiger partial charge in [-0.3, -0.25) is 9.20 Å². The maximum absolute atomic E-state index is 12.8. The number of imidazole rings is 1. The summed E-state index contributed by atoms with van der Waals surface area (Å²) in [6, 6.07) is 11.1. The molecule has 0 unspecified atom stereocenters. The lowest BCUT2D eigenvalue weighted by atomic mass is 10.1. The number of nitrogens with zero attached hydrogens (tertiary/aromatic N) is 3. The molecule has 24 heavy (non-hydrogen) atoms. The first-order valence-corrected chi connectivity index (χ1v) is 8.62. The molecule has 3 aromatic rings. The number of halogens is 2. The lowest BCUT2D eigenvalue weighted by Gasteiger charge is -2.13. The van der Waals surface area contributed by atoms with Crippen molar-refractivity contribution in [3.63, 3.8) is 0 Å². The molecule has 2 aromatic heterocycles. The van der Waals surface area contributed by atoms with Crippen LogP contribution < -0.4 is 0 Å². The van der Waals surface area contributed by atoms with E-state index < -0.39 is 0 Å². The molecule has 0 saturated carbocycles. The number of rotatable bonds is 2. The first kappa shape index (κ1) is 15.5. The summed E-state index contributed by atoms with van der Waals surface area (Å²) in [6.07, 6.45) is 3.96. The number of aromatic nitrogens is 2. The molecule has 4 rings (SSSR count). The number of fused-ring (bicyclic) bond motifs is 1. The van der Waals surface area contributed by atoms with Crippen molar-refractivity contribution in [1.29, 1.82) is 0 Å². The molecule has 1 amide bonds. The van der Waals surface area contributed by atoms with Crippen LogP contribution in [0.4, 0.5) is 0 Å². The third-order valence-corrected chi connectivity index (χ3v) is 4.71. The van der Waals surface area contributed by atoms with Crippen LogP contribution in [0.15, 0.2) is 42.6 Å². The zero-order chi connectivity index (χ0) is 16.7. The fourth-order valence-electron chi connectivity index (χ4n) is 3.15. The third kappa shape index (κ3) is 2.66. The topological polar surface area (TPSA) is 37.6 Å². The monoisotopic (exact) mass is 359 g/mol. The van der Waals surface area contributed by atoms with E-state index in [0.29, 0.717) is 21.6 Å². The van der Waals surface area contributed by atoms with Crippen LogP contribution in [-0.4, -0.2) is 33.3 Å². The average Bonchev–Trinajstić information content (AvgIpc) is 3.21. The minimum atomic E-state index is -0.0342. The van der Waals surface area contributed by atoms with Crippen molar-refractivity contribution in [1.82, 2.24) is 14.3 Å². The van der Waals surface area contributed by atoms with E-state index in [1.807, 2.05) is 45.8 Å². The normalized spacial score (nSPS) is 14.5. The van der Waals surface area contributed by atoms with Crippen LogP contribution >= 0.6 is 23.2 Å². The van der Waals surface area contributed by atoms with Gasteiger partial charge >= 0.3 is 0 Å². The van der Waals surface area contributed by atoms with E-state index in [1.165, 1.54) is 0 Å². The Hall–Kier alpha value is -2.04. The minimum Gasteiger partial charge on any atom is -0.336 e. The fraction of sp³-hybridized carbons (Fsp3) is 0.222. The first-order valence-electron chi connectivity index (χ1n) is 7.86. The molecular weight excluding hydrogens is 345 g/mol. The molecule has 3 heterocycles. The van der Waals surface area contributed by atoms with Crippen LogP contribution in [0.25, 0.3) is 16.8 Å². The lowest BCUT2D eigenvalue weighted by Crippen LogP contribution is -2.29. The molecule has 1 aromatic carbocycles. The summed E-state index contributed by atoms with van der Waals surface area (Å²) >= 11 is 12.3. The Morgan fingerprint density at radius 1 is 1.04 bits per heavy atom. The van der Waals surface area contributed by atoms with Gasteiger partial charge in [0.15, 0.2) is 0 Å². The van der Waals surface area contributed by atoms with Crippen LogP contribution in [0.3, 0.4) is 0 Å². The molecule has 4 nitrogen and oxygen atoms in total. The molecule has 6 heteroatoms. The van der Waals surface area contributed by atoms with Gasteiger partial charge in [-0.1, -0.05) is 29.3 Å². The van der Waals surface area contributed by atoms with E-state index in [0.717, 1.165) is 37.0 Å². The standard InChI is InChI=1S/C18H15Cl2N3O/c19-13-9-12(10-14(20)11-13)16-15-5-1-2-8-23(15)17(21-16)18(24)22-6-3-4-7-22/h1-2,5,8-11H,3-4,6-7H2. The first-order chi connectivity index (χ1) is 11.6. The van der Waals surface area contributed by atoms with Crippen LogP contribution in [0.5, 0.6) is 0 Å². The molecule has 0 atom stereocenters. The molecule has 0 bridgehead atoms. The number of benzene rings is 1. The Labute approximate surface area is 149 Å². The zero-order valence-corrected chi connectivity index (χ0v) is 14.4. The van der Waals surface area contributed by atoms with E-state index in [9.17, 15) is 4.79 Å². The summed E-state index contributed by atoms with van der Waals surface area (Å²) in [5, 5.41) is 1.09. The molecule has 0 radical (unpaired) electrons. The van der Waals surface area contributed by atoms with Crippen molar-refractivity contribution in [2.45, 2.75) is 12.8 Å². The Morgan fingerprint density at radius 3 is 2.46 bits per heavy atom. The molecule has 1 aliphatic rings. The van der Waals surface area contributed by atoms with Crippen molar-refractivity contribution in [2.75, 3.05) is 13.1 Å². The smallest absolute Gasteiger partial charge is 0.290 e. The zero-order valence-electron chi connectivity index (χ0n) is 12.9. The van der Waals surface area contributed by atoms with Gasteiger partial charge in [-0.25, -0.2) is 4.98 Å². The summed E-state index contributed by atoms with van der Waals surface area (Å²) in [5.41, 5.74) is 2.37. The highest BCUT2D eigenvalue weighted by Crippen LogP contribution is 2.30. The van der Waals surface area contributed by atoms with Crippen molar-refractivity contribution in [3.05, 3.63) is 58.5 Å². The molecule has 122 valence electrons. The predicted octanol–water partition coefficient (Wildman–Crippen LogP) is 4.54. The molecular formula is C18H15Cl2N3O. The van der Waals surface area contributed by atoms with Gasteiger partial charge in [0.25, 0.3) is 5.91 Å². The minimum absolute atomic E-state index is 0.0342. The number of likely N-dealkylation sites (tertiary alicyclic amines) is 1. The third-order valence-electron chi connectivity index (χ3n) is 4.27. The number of hydrogen-bond acceptors (Lipinski definition) is 2. The number of pyridine rings is 1. The highest BCUT2D eigenvalue weighted by atomic mass is 35.5. The number of amides is 1. The van der Waals surface area contributed by atoms with Crippen molar-refractivity contribution < 1.29 is 4.79 Å². The van der Waals surface area contributed by atoms with Crippen LogP contribution in [-0.2, 0) is 0 Å². The van der Waals surface area contributed by atoms with Gasteiger partial charge in [-0.2, -0.15) is 0 Å². The van der Waals surface area contributed by atoms with Crippen molar-refractivity contribution in [3.8, 4) is 11.3 Å². The van der Waals surface area contributed by atoms with Gasteiger partial charge in [0, 0.05) is 34.9 Å². The Kier molecular flexibility index (Phi) is 3.94. The second-order valence-corrected chi connectivity index (χ2v) is 6.77. The quantitative estimate of drug-likeness (QED) is 0.673. The van der Waals surface area contributed by atoms with Gasteiger partial charge in [0.1, 0.15) is 0 Å². The van der Waals surface area contributed by atoms with E-state index >= 15 is 0 Å². The van der Waals surface area contributed by atoms with Crippen LogP contribution in [0.2, 0.25) is 10.0 Å². The van der Waals surface area contributed by atoms with E-state index in [-0.39, 0.29) is 5.91 Å². The summed E-state index contributed by atoms with van der Waals surface area (Å²) < 4.78 is 1.84. The highest BCUT2D eigenvalue weighted by Gasteiger charge is 2.25. The van der Waals surface area contributed by atoms with E-state index in [2.05, 4.69) is 4.98 Å². The lowest BCUT2D eigenvalue weighted by molar-refractivity contribution is 0.0780. The summed E-state index contributed by atoms with van der Waals surface area (Å²) in [4.78, 5) is 19.3. The number of hydrogen-bond donors (Lipinski definition) is 0. The second-order valence-electron chi connectivity index (χ2n) is 5.90. The predicted molar refractivity (Wildman–Crippen MR) is 95.8 cm³/mol. The maximum atomic E-state index is 12.8. The summed E-state index contributed by atoms with van der Waals surface area (Å²) in [5.74, 6) is 0.395. The molecule has 1 aliphatic heterocycles. The number of carbonyl (C=O) groups is 1. The van der Waals surface area contributed by atoms with Crippen LogP contribution in [0.1, 0.15) is 23.5 Å². The Bertz CT molecular complexity index is 909. The fourth-order valence-corrected chi connectivity index (χ4v) is 3.68. The molecule has 1 saturated heterocycles. The largest absolute Gasteiger partial charge is 0.336 e. The number of carbonyl (C=O) groups excluding carboxylic acids is 1. The van der Waals surface area contributed by atoms with Gasteiger partial charge in [0.05, 0.1) is 11.2 Å². The molecule has 0 N–H and O–H groups in total. The van der Waals surface area contributed by atoms with E-state index in [4.69, 9.17) is 23.2 Å². The van der Waals surface area contributed by atoms with Crippen LogP contribution in [0, 0.1) is 0 Å². The average molecular weight is 360 g/mol. The Morgan fingerprint density at radius 2 is 1.75 bits per heavy atom. The van der Waals surface area contributed by atoms with E-state index in [1.54, 1.807) is 6.07 Å². The molecule has 0 aliphatic carbocycles. The maximum Gasteiger partial charge on any atom is 0.290 e. The van der Waals surface area contributed by atoms with Gasteiger partial charge in [0.2, 0.25) is 5.82 Å². The van der Waals surface area contributed by atoms with Crippen molar-refractivity contribution in [2.24, 2.45) is 0 Å². The Balaban J connectivity index is 1.89. The van der Waals surface area contributed by atoms with Gasteiger partial charge in [-0.15, -0.1) is 0 Å². The second kappa shape index (κ2) is 6.11. The molecule has 0 spiro atoms. The summed E-state index contributed by atoms with van der Waals surface area (Å²) in [6.45, 7) is 1.58. The van der Waals surface area contributed by atoms with Gasteiger partial charge in [-0.05, 0) is 43.2 Å². The SMILES string of the molecule is O=C(c1nc(-c2cc(Cl)cc(Cl)c2)c2ccccn12)N1CCCC1. The van der Waals surface area contributed by atoms with Gasteiger partial charge < -0.3 is 4.90 Å². The highest BCUT2D eigenvalue weighted by molar-refractivity contribution is 6.35.